The van der Waals surface area contributed by atoms with E-state index in [0.29, 0.717) is 38.6 Å². The summed E-state index contributed by atoms with van der Waals surface area (Å²) in [7, 11) is -1.24. The molecule has 1 aliphatic heterocycles. The Morgan fingerprint density at radius 2 is 1.89 bits per heavy atom. The molecular weight excluding hydrogens is 264 g/mol. The molecule has 1 aliphatic carbocycles. The molecule has 0 aromatic carbocycles. The molecule has 6 nitrogen and oxygen atoms in total. The van der Waals surface area contributed by atoms with Crippen molar-refractivity contribution < 1.29 is 8.42 Å². The number of hydrogen-bond donors (Lipinski definition) is 1. The van der Waals surface area contributed by atoms with Crippen LogP contribution in [0.3, 0.4) is 0 Å². The zero-order chi connectivity index (χ0) is 14.1. The topological polar surface area (TPSA) is 76.4 Å². The van der Waals surface area contributed by atoms with Gasteiger partial charge in [-0.2, -0.15) is 9.57 Å². The number of likely N-dealkylation sites (N-methyl/N-ethyl adjacent to an activating group) is 1. The molecule has 2 rings (SSSR count). The number of rotatable bonds is 5. The monoisotopic (exact) mass is 286 g/mol. The van der Waals surface area contributed by atoms with E-state index >= 15 is 0 Å². The highest BCUT2D eigenvalue weighted by Gasteiger charge is 2.46. The highest BCUT2D eigenvalue weighted by Crippen LogP contribution is 2.39. The van der Waals surface area contributed by atoms with E-state index < -0.39 is 15.6 Å². The standard InChI is InChI=1S/C12H22N4O2S/c1-14-12(9-13,11-3-4-11)10-15-5-7-16(8-6-15)19(2,17)18/h11,14H,3-8,10H2,1-2H3. The van der Waals surface area contributed by atoms with Gasteiger partial charge in [-0.05, 0) is 25.8 Å². The van der Waals surface area contributed by atoms with Crippen LogP contribution >= 0.6 is 0 Å². The van der Waals surface area contributed by atoms with E-state index in [1.165, 1.54) is 10.6 Å². The first-order valence-corrected chi connectivity index (χ1v) is 8.54. The molecule has 19 heavy (non-hydrogen) atoms. The first-order valence-electron chi connectivity index (χ1n) is 6.69. The van der Waals surface area contributed by atoms with Crippen LogP contribution in [-0.4, -0.2) is 69.2 Å². The minimum atomic E-state index is -3.08. The van der Waals surface area contributed by atoms with Crippen LogP contribution in [0, 0.1) is 17.2 Å². The molecule has 0 bridgehead atoms. The highest BCUT2D eigenvalue weighted by molar-refractivity contribution is 7.88. The summed E-state index contributed by atoms with van der Waals surface area (Å²) in [5.74, 6) is 0.440. The number of piperazine rings is 1. The lowest BCUT2D eigenvalue weighted by atomic mass is 9.94. The molecule has 108 valence electrons. The van der Waals surface area contributed by atoms with Crippen molar-refractivity contribution in [2.45, 2.75) is 18.4 Å². The maximum absolute atomic E-state index is 11.5. The molecule has 0 aromatic heterocycles. The number of sulfonamides is 1. The minimum Gasteiger partial charge on any atom is -0.301 e. The van der Waals surface area contributed by atoms with Gasteiger partial charge in [0.15, 0.2) is 0 Å². The van der Waals surface area contributed by atoms with Gasteiger partial charge in [-0.3, -0.25) is 4.90 Å². The van der Waals surface area contributed by atoms with Crippen LogP contribution in [0.2, 0.25) is 0 Å². The SMILES string of the molecule is CNC(C#N)(CN1CCN(S(C)(=O)=O)CC1)C1CC1. The van der Waals surface area contributed by atoms with E-state index in [1.807, 2.05) is 7.05 Å². The third-order valence-electron chi connectivity index (χ3n) is 4.19. The van der Waals surface area contributed by atoms with Crippen molar-refractivity contribution in [1.82, 2.24) is 14.5 Å². The molecular formula is C12H22N4O2S. The van der Waals surface area contributed by atoms with Crippen molar-refractivity contribution in [3.63, 3.8) is 0 Å². The molecule has 1 saturated heterocycles. The zero-order valence-corrected chi connectivity index (χ0v) is 12.4. The molecule has 0 aromatic rings. The molecule has 0 amide bonds. The molecule has 2 aliphatic rings. The lowest BCUT2D eigenvalue weighted by molar-refractivity contribution is 0.150. The van der Waals surface area contributed by atoms with Gasteiger partial charge in [-0.25, -0.2) is 8.42 Å². The zero-order valence-electron chi connectivity index (χ0n) is 11.6. The van der Waals surface area contributed by atoms with Crippen LogP contribution in [0.15, 0.2) is 0 Å². The Kier molecular flexibility index (Phi) is 4.16. The van der Waals surface area contributed by atoms with Crippen LogP contribution in [0.4, 0.5) is 0 Å². The van der Waals surface area contributed by atoms with Crippen molar-refractivity contribution >= 4 is 10.0 Å². The smallest absolute Gasteiger partial charge is 0.211 e. The molecule has 0 radical (unpaired) electrons. The van der Waals surface area contributed by atoms with E-state index in [2.05, 4.69) is 16.3 Å². The summed E-state index contributed by atoms with van der Waals surface area (Å²) in [5.41, 5.74) is -0.465. The van der Waals surface area contributed by atoms with Crippen LogP contribution in [0.25, 0.3) is 0 Å². The van der Waals surface area contributed by atoms with Gasteiger partial charge in [-0.15, -0.1) is 0 Å². The minimum absolute atomic E-state index is 0.440. The van der Waals surface area contributed by atoms with E-state index in [0.717, 1.165) is 12.8 Å². The molecule has 1 saturated carbocycles. The fraction of sp³-hybridized carbons (Fsp3) is 0.917. The lowest BCUT2D eigenvalue weighted by Crippen LogP contribution is -2.57. The van der Waals surface area contributed by atoms with Crippen LogP contribution in [0.1, 0.15) is 12.8 Å². The van der Waals surface area contributed by atoms with Gasteiger partial charge >= 0.3 is 0 Å². The summed E-state index contributed by atoms with van der Waals surface area (Å²) in [5, 5.41) is 12.6. The van der Waals surface area contributed by atoms with Gasteiger partial charge in [0.1, 0.15) is 5.54 Å². The maximum Gasteiger partial charge on any atom is 0.211 e. The Morgan fingerprint density at radius 3 is 2.26 bits per heavy atom. The number of nitrogens with one attached hydrogen (secondary N) is 1. The Bertz CT molecular complexity index is 461. The Balaban J connectivity index is 1.93. The predicted octanol–water partition coefficient (Wildman–Crippen LogP) is -0.545. The molecule has 0 spiro atoms. The fourth-order valence-electron chi connectivity index (χ4n) is 2.74. The number of hydrogen-bond acceptors (Lipinski definition) is 5. The van der Waals surface area contributed by atoms with Crippen LogP contribution in [0.5, 0.6) is 0 Å². The van der Waals surface area contributed by atoms with Crippen molar-refractivity contribution in [3.8, 4) is 6.07 Å². The first kappa shape index (κ1) is 14.7. The average molecular weight is 286 g/mol. The molecule has 1 atom stereocenters. The lowest BCUT2D eigenvalue weighted by Gasteiger charge is -2.38. The molecule has 7 heteroatoms. The molecule has 1 unspecified atom stereocenters. The molecule has 1 heterocycles. The second-order valence-corrected chi connectivity index (χ2v) is 7.53. The Morgan fingerprint density at radius 1 is 1.32 bits per heavy atom. The van der Waals surface area contributed by atoms with Crippen molar-refractivity contribution in [2.75, 3.05) is 46.0 Å². The first-order chi connectivity index (χ1) is 8.91. The summed E-state index contributed by atoms with van der Waals surface area (Å²) in [6.07, 6.45) is 3.47. The van der Waals surface area contributed by atoms with Crippen molar-refractivity contribution in [1.29, 1.82) is 5.26 Å². The van der Waals surface area contributed by atoms with E-state index in [9.17, 15) is 13.7 Å². The quantitative estimate of drug-likeness (QED) is 0.734. The summed E-state index contributed by atoms with van der Waals surface area (Å²) in [6.45, 7) is 3.13. The largest absolute Gasteiger partial charge is 0.301 e. The molecule has 1 N–H and O–H groups in total. The van der Waals surface area contributed by atoms with Crippen LogP contribution in [-0.2, 0) is 10.0 Å². The summed E-state index contributed by atoms with van der Waals surface area (Å²) < 4.78 is 24.4. The van der Waals surface area contributed by atoms with Crippen molar-refractivity contribution in [2.24, 2.45) is 5.92 Å². The number of nitriles is 1. The van der Waals surface area contributed by atoms with Gasteiger partial charge in [-0.1, -0.05) is 0 Å². The highest BCUT2D eigenvalue weighted by atomic mass is 32.2. The maximum atomic E-state index is 11.5. The second-order valence-electron chi connectivity index (χ2n) is 5.55. The van der Waals surface area contributed by atoms with Crippen molar-refractivity contribution in [3.05, 3.63) is 0 Å². The summed E-state index contributed by atoms with van der Waals surface area (Å²) in [4.78, 5) is 2.19. The fourth-order valence-corrected chi connectivity index (χ4v) is 3.57. The summed E-state index contributed by atoms with van der Waals surface area (Å²) in [6, 6.07) is 2.43. The third-order valence-corrected chi connectivity index (χ3v) is 5.50. The normalized spacial score (nSPS) is 25.7. The number of nitrogens with zero attached hydrogens (tertiary/aromatic N) is 3. The van der Waals surface area contributed by atoms with Gasteiger partial charge in [0, 0.05) is 32.7 Å². The van der Waals surface area contributed by atoms with Gasteiger partial charge in [0.05, 0.1) is 12.3 Å². The molecule has 2 fully saturated rings. The van der Waals surface area contributed by atoms with Gasteiger partial charge < -0.3 is 5.32 Å². The van der Waals surface area contributed by atoms with E-state index in [-0.39, 0.29) is 0 Å². The summed E-state index contributed by atoms with van der Waals surface area (Å²) >= 11 is 0. The van der Waals surface area contributed by atoms with Crippen LogP contribution < -0.4 is 5.32 Å². The van der Waals surface area contributed by atoms with Gasteiger partial charge in [0.2, 0.25) is 10.0 Å². The van der Waals surface area contributed by atoms with E-state index in [1.54, 1.807) is 0 Å². The third kappa shape index (κ3) is 3.26. The average Bonchev–Trinajstić information content (AvgIpc) is 3.20. The second kappa shape index (κ2) is 5.37. The van der Waals surface area contributed by atoms with Gasteiger partial charge in [0.25, 0.3) is 0 Å². The Hall–Kier alpha value is -0.680. The Labute approximate surface area is 115 Å². The van der Waals surface area contributed by atoms with E-state index in [4.69, 9.17) is 0 Å². The predicted molar refractivity (Wildman–Crippen MR) is 73.0 cm³/mol.